The van der Waals surface area contributed by atoms with Crippen molar-refractivity contribution in [1.82, 2.24) is 0 Å². The second kappa shape index (κ2) is 7.62. The van der Waals surface area contributed by atoms with Gasteiger partial charge in [-0.15, -0.1) is 0 Å². The van der Waals surface area contributed by atoms with Crippen LogP contribution in [0.25, 0.3) is 0 Å². The van der Waals surface area contributed by atoms with Crippen LogP contribution in [0.1, 0.15) is 60.8 Å². The minimum absolute atomic E-state index is 0.0310. The summed E-state index contributed by atoms with van der Waals surface area (Å²) in [4.78, 5) is 23.4. The van der Waals surface area contributed by atoms with Crippen LogP contribution in [0, 0.1) is 10.8 Å². The van der Waals surface area contributed by atoms with E-state index in [9.17, 15) is 14.7 Å². The standard InChI is InChI=1S/C15H28O5/c1-7-14(3,4)12(17)19-10-9-11(16)20-13(18)15(5,6)8-2/h11,16H,7-10H2,1-6H3. The first kappa shape index (κ1) is 18.9. The van der Waals surface area contributed by atoms with E-state index in [1.807, 2.05) is 13.8 Å². The first-order valence-corrected chi connectivity index (χ1v) is 7.13. The van der Waals surface area contributed by atoms with Gasteiger partial charge in [-0.3, -0.25) is 9.59 Å². The van der Waals surface area contributed by atoms with Crippen LogP contribution in [0.4, 0.5) is 0 Å². The summed E-state index contributed by atoms with van der Waals surface area (Å²) in [6.45, 7) is 10.9. The molecule has 5 nitrogen and oxygen atoms in total. The van der Waals surface area contributed by atoms with Crippen molar-refractivity contribution in [3.63, 3.8) is 0 Å². The average molecular weight is 288 g/mol. The zero-order chi connectivity index (χ0) is 16.0. The monoisotopic (exact) mass is 288 g/mol. The predicted octanol–water partition coefficient (Wildman–Crippen LogP) is 2.65. The van der Waals surface area contributed by atoms with E-state index in [0.29, 0.717) is 12.8 Å². The topological polar surface area (TPSA) is 72.8 Å². The van der Waals surface area contributed by atoms with E-state index in [-0.39, 0.29) is 19.0 Å². The van der Waals surface area contributed by atoms with Crippen molar-refractivity contribution in [1.29, 1.82) is 0 Å². The van der Waals surface area contributed by atoms with Gasteiger partial charge in [0.25, 0.3) is 0 Å². The van der Waals surface area contributed by atoms with Crippen LogP contribution in [-0.2, 0) is 19.1 Å². The van der Waals surface area contributed by atoms with Gasteiger partial charge in [-0.25, -0.2) is 0 Å². The zero-order valence-corrected chi connectivity index (χ0v) is 13.5. The molecule has 0 aromatic heterocycles. The lowest BCUT2D eigenvalue weighted by Gasteiger charge is -2.23. The third kappa shape index (κ3) is 5.90. The number of aliphatic hydroxyl groups excluding tert-OH is 1. The highest BCUT2D eigenvalue weighted by Gasteiger charge is 2.30. The van der Waals surface area contributed by atoms with Gasteiger partial charge in [0.05, 0.1) is 17.4 Å². The van der Waals surface area contributed by atoms with E-state index >= 15 is 0 Å². The first-order valence-electron chi connectivity index (χ1n) is 7.13. The quantitative estimate of drug-likeness (QED) is 0.549. The molecule has 5 heteroatoms. The molecule has 0 aromatic carbocycles. The molecule has 1 N–H and O–H groups in total. The maximum absolute atomic E-state index is 11.7. The molecule has 118 valence electrons. The van der Waals surface area contributed by atoms with Crippen LogP contribution in [0.3, 0.4) is 0 Å². The van der Waals surface area contributed by atoms with Crippen LogP contribution in [0.5, 0.6) is 0 Å². The summed E-state index contributed by atoms with van der Waals surface area (Å²) in [7, 11) is 0. The Morgan fingerprint density at radius 2 is 1.45 bits per heavy atom. The normalized spacial score (nSPS) is 13.8. The molecule has 0 spiro atoms. The Morgan fingerprint density at radius 3 is 1.90 bits per heavy atom. The van der Waals surface area contributed by atoms with Crippen molar-refractivity contribution in [2.75, 3.05) is 6.61 Å². The number of rotatable bonds is 8. The third-order valence-electron chi connectivity index (χ3n) is 3.71. The van der Waals surface area contributed by atoms with E-state index in [1.54, 1.807) is 27.7 Å². The summed E-state index contributed by atoms with van der Waals surface area (Å²) in [5, 5.41) is 9.62. The van der Waals surface area contributed by atoms with Crippen molar-refractivity contribution in [2.45, 2.75) is 67.1 Å². The molecule has 1 unspecified atom stereocenters. The summed E-state index contributed by atoms with van der Waals surface area (Å²) >= 11 is 0. The Hall–Kier alpha value is -1.10. The summed E-state index contributed by atoms with van der Waals surface area (Å²) in [5.41, 5.74) is -1.16. The maximum atomic E-state index is 11.7. The fraction of sp³-hybridized carbons (Fsp3) is 0.867. The molecule has 0 amide bonds. The van der Waals surface area contributed by atoms with Crippen molar-refractivity contribution >= 4 is 11.9 Å². The van der Waals surface area contributed by atoms with Gasteiger partial charge in [-0.2, -0.15) is 0 Å². The Kier molecular flexibility index (Phi) is 7.20. The molecule has 0 bridgehead atoms. The molecule has 0 aliphatic carbocycles. The minimum Gasteiger partial charge on any atom is -0.465 e. The van der Waals surface area contributed by atoms with Gasteiger partial charge in [0.1, 0.15) is 0 Å². The van der Waals surface area contributed by atoms with Crippen LogP contribution >= 0.6 is 0 Å². The molecule has 0 aliphatic rings. The molecule has 1 atom stereocenters. The van der Waals surface area contributed by atoms with Crippen LogP contribution in [-0.4, -0.2) is 29.9 Å². The lowest BCUT2D eigenvalue weighted by molar-refractivity contribution is -0.181. The maximum Gasteiger partial charge on any atom is 0.313 e. The van der Waals surface area contributed by atoms with Crippen molar-refractivity contribution in [3.8, 4) is 0 Å². The van der Waals surface area contributed by atoms with Gasteiger partial charge in [0.15, 0.2) is 0 Å². The minimum atomic E-state index is -1.24. The number of carbonyl (C=O) groups excluding carboxylic acids is 2. The van der Waals surface area contributed by atoms with E-state index in [4.69, 9.17) is 9.47 Å². The van der Waals surface area contributed by atoms with E-state index in [1.165, 1.54) is 0 Å². The lowest BCUT2D eigenvalue weighted by atomic mass is 9.91. The molecule has 0 heterocycles. The van der Waals surface area contributed by atoms with Gasteiger partial charge >= 0.3 is 11.9 Å². The van der Waals surface area contributed by atoms with Crippen LogP contribution in [0.2, 0.25) is 0 Å². The van der Waals surface area contributed by atoms with E-state index in [0.717, 1.165) is 0 Å². The molecule has 0 aromatic rings. The van der Waals surface area contributed by atoms with Gasteiger partial charge < -0.3 is 14.6 Å². The highest BCUT2D eigenvalue weighted by molar-refractivity contribution is 5.76. The number of aliphatic hydroxyl groups is 1. The van der Waals surface area contributed by atoms with Crippen LogP contribution < -0.4 is 0 Å². The molecule has 0 fully saturated rings. The summed E-state index contributed by atoms with van der Waals surface area (Å²) in [6, 6.07) is 0. The van der Waals surface area contributed by atoms with Crippen molar-refractivity contribution < 1.29 is 24.2 Å². The smallest absolute Gasteiger partial charge is 0.313 e. The molecule has 0 aliphatic heterocycles. The highest BCUT2D eigenvalue weighted by atomic mass is 16.6. The number of hydrogen-bond donors (Lipinski definition) is 1. The number of esters is 2. The largest absolute Gasteiger partial charge is 0.465 e. The zero-order valence-electron chi connectivity index (χ0n) is 13.5. The second-order valence-corrected chi connectivity index (χ2v) is 6.26. The van der Waals surface area contributed by atoms with Gasteiger partial charge in [0.2, 0.25) is 6.29 Å². The highest BCUT2D eigenvalue weighted by Crippen LogP contribution is 2.23. The Labute approximate surface area is 121 Å². The fourth-order valence-electron chi connectivity index (χ4n) is 1.08. The molecular weight excluding hydrogens is 260 g/mol. The van der Waals surface area contributed by atoms with Crippen molar-refractivity contribution in [3.05, 3.63) is 0 Å². The first-order chi connectivity index (χ1) is 9.06. The van der Waals surface area contributed by atoms with E-state index in [2.05, 4.69) is 0 Å². The molecule has 20 heavy (non-hydrogen) atoms. The summed E-state index contributed by atoms with van der Waals surface area (Å²) < 4.78 is 10.00. The molecule has 0 rings (SSSR count). The summed E-state index contributed by atoms with van der Waals surface area (Å²) in [5.74, 6) is -0.764. The number of carbonyl (C=O) groups is 2. The van der Waals surface area contributed by atoms with Gasteiger partial charge in [-0.05, 0) is 40.5 Å². The Bertz CT molecular complexity index is 333. The van der Waals surface area contributed by atoms with E-state index < -0.39 is 23.1 Å². The fourth-order valence-corrected chi connectivity index (χ4v) is 1.08. The molecule has 0 saturated carbocycles. The average Bonchev–Trinajstić information content (AvgIpc) is 2.38. The predicted molar refractivity (Wildman–Crippen MR) is 75.8 cm³/mol. The molecule has 0 saturated heterocycles. The molecular formula is C15H28O5. The summed E-state index contributed by atoms with van der Waals surface area (Å²) in [6.07, 6.45) is 0.134. The second-order valence-electron chi connectivity index (χ2n) is 6.26. The van der Waals surface area contributed by atoms with Gasteiger partial charge in [-0.1, -0.05) is 13.8 Å². The Balaban J connectivity index is 4.11. The molecule has 0 radical (unpaired) electrons. The Morgan fingerprint density at radius 1 is 1.00 bits per heavy atom. The van der Waals surface area contributed by atoms with Crippen molar-refractivity contribution in [2.24, 2.45) is 10.8 Å². The lowest BCUT2D eigenvalue weighted by Crippen LogP contribution is -2.31. The third-order valence-corrected chi connectivity index (χ3v) is 3.71. The van der Waals surface area contributed by atoms with Crippen LogP contribution in [0.15, 0.2) is 0 Å². The van der Waals surface area contributed by atoms with Gasteiger partial charge in [0, 0.05) is 6.42 Å². The SMILES string of the molecule is CCC(C)(C)C(=O)OCCC(O)OC(=O)C(C)(C)CC. The number of hydrogen-bond acceptors (Lipinski definition) is 5. The number of ether oxygens (including phenoxy) is 2.